The van der Waals surface area contributed by atoms with Crippen molar-refractivity contribution in [2.24, 2.45) is 0 Å². The first-order valence-electron chi connectivity index (χ1n) is 8.72. The van der Waals surface area contributed by atoms with E-state index >= 15 is 0 Å². The number of hydrogen-bond donors (Lipinski definition) is 1. The van der Waals surface area contributed by atoms with Crippen LogP contribution in [0.5, 0.6) is 0 Å². The normalized spacial score (nSPS) is 15.5. The molecular formula is C19H19F3N2O3S. The molecule has 0 aromatic heterocycles. The first kappa shape index (κ1) is 20.3. The van der Waals surface area contributed by atoms with Gasteiger partial charge in [0.25, 0.3) is 5.91 Å². The summed E-state index contributed by atoms with van der Waals surface area (Å²) >= 11 is 0. The fraction of sp³-hybridized carbons (Fsp3) is 0.316. The molecule has 9 heteroatoms. The van der Waals surface area contributed by atoms with Crippen LogP contribution in [0.25, 0.3) is 0 Å². The minimum atomic E-state index is -4.46. The summed E-state index contributed by atoms with van der Waals surface area (Å²) in [4.78, 5) is 12.4. The summed E-state index contributed by atoms with van der Waals surface area (Å²) in [5.74, 6) is -0.559. The molecule has 1 N–H and O–H groups in total. The molecule has 1 amide bonds. The molecule has 0 saturated carbocycles. The van der Waals surface area contributed by atoms with Crippen molar-refractivity contribution in [3.63, 3.8) is 0 Å². The van der Waals surface area contributed by atoms with E-state index in [0.717, 1.165) is 25.0 Å². The van der Waals surface area contributed by atoms with Gasteiger partial charge in [-0.15, -0.1) is 0 Å². The lowest BCUT2D eigenvalue weighted by molar-refractivity contribution is -0.137. The van der Waals surface area contributed by atoms with Gasteiger partial charge in [0.2, 0.25) is 10.0 Å². The van der Waals surface area contributed by atoms with Gasteiger partial charge in [0.15, 0.2) is 0 Å². The Labute approximate surface area is 161 Å². The summed E-state index contributed by atoms with van der Waals surface area (Å²) in [6.45, 7) is 0.800. The number of amides is 1. The van der Waals surface area contributed by atoms with Crippen LogP contribution in [0, 0.1) is 0 Å². The Bertz CT molecular complexity index is 968. The van der Waals surface area contributed by atoms with Gasteiger partial charge in [-0.2, -0.15) is 17.5 Å². The number of carbonyl (C=O) groups excluding carboxylic acids is 1. The molecule has 2 aromatic carbocycles. The number of hydrogen-bond acceptors (Lipinski definition) is 3. The summed E-state index contributed by atoms with van der Waals surface area (Å²) in [6.07, 6.45) is -2.86. The SMILES string of the molecule is O=C(NCc1cccc(C(F)(F)F)c1)c1cccc(S(=O)(=O)N2CCCC2)c1. The molecule has 1 saturated heterocycles. The number of nitrogens with zero attached hydrogens (tertiary/aromatic N) is 1. The number of rotatable bonds is 5. The molecule has 1 aliphatic rings. The largest absolute Gasteiger partial charge is 0.416 e. The maximum absolute atomic E-state index is 12.8. The first-order valence-corrected chi connectivity index (χ1v) is 10.2. The molecule has 5 nitrogen and oxygen atoms in total. The van der Waals surface area contributed by atoms with Gasteiger partial charge >= 0.3 is 6.18 Å². The fourth-order valence-electron chi connectivity index (χ4n) is 3.02. The van der Waals surface area contributed by atoms with Crippen LogP contribution in [0.4, 0.5) is 13.2 Å². The third kappa shape index (κ3) is 4.53. The van der Waals surface area contributed by atoms with Crippen molar-refractivity contribution in [1.29, 1.82) is 0 Å². The van der Waals surface area contributed by atoms with E-state index < -0.39 is 27.7 Å². The zero-order chi connectivity index (χ0) is 20.4. The standard InChI is InChI=1S/C19H19F3N2O3S/c20-19(21,22)16-7-3-5-14(11-16)13-23-18(25)15-6-4-8-17(12-15)28(26,27)24-9-1-2-10-24/h3-8,11-12H,1-2,9-10,13H2,(H,23,25). The molecule has 1 fully saturated rings. The number of benzene rings is 2. The van der Waals surface area contributed by atoms with Crippen LogP contribution in [0.2, 0.25) is 0 Å². The number of carbonyl (C=O) groups is 1. The highest BCUT2D eigenvalue weighted by molar-refractivity contribution is 7.89. The Morgan fingerprint density at radius 1 is 1.04 bits per heavy atom. The lowest BCUT2D eigenvalue weighted by Gasteiger charge is -2.16. The highest BCUT2D eigenvalue weighted by atomic mass is 32.2. The fourth-order valence-corrected chi connectivity index (χ4v) is 4.58. The van der Waals surface area contributed by atoms with Gasteiger partial charge < -0.3 is 5.32 Å². The predicted molar refractivity (Wildman–Crippen MR) is 97.0 cm³/mol. The maximum Gasteiger partial charge on any atom is 0.416 e. The van der Waals surface area contributed by atoms with E-state index in [2.05, 4.69) is 5.32 Å². The minimum absolute atomic E-state index is 0.0288. The van der Waals surface area contributed by atoms with Gasteiger partial charge in [-0.1, -0.05) is 18.2 Å². The van der Waals surface area contributed by atoms with E-state index in [1.165, 1.54) is 40.7 Å². The third-order valence-electron chi connectivity index (χ3n) is 4.51. The second-order valence-corrected chi connectivity index (χ2v) is 8.46. The predicted octanol–water partition coefficient (Wildman–Crippen LogP) is 3.42. The molecule has 0 bridgehead atoms. The van der Waals surface area contributed by atoms with Gasteiger partial charge in [-0.25, -0.2) is 8.42 Å². The van der Waals surface area contributed by atoms with Crippen molar-refractivity contribution in [1.82, 2.24) is 9.62 Å². The van der Waals surface area contributed by atoms with Crippen LogP contribution in [0.15, 0.2) is 53.4 Å². The summed E-state index contributed by atoms with van der Waals surface area (Å²) < 4.78 is 64.9. The summed E-state index contributed by atoms with van der Waals surface area (Å²) in [6, 6.07) is 10.3. The smallest absolute Gasteiger partial charge is 0.348 e. The van der Waals surface area contributed by atoms with Crippen molar-refractivity contribution >= 4 is 15.9 Å². The third-order valence-corrected chi connectivity index (χ3v) is 6.40. The molecule has 0 unspecified atom stereocenters. The zero-order valence-corrected chi connectivity index (χ0v) is 15.7. The highest BCUT2D eigenvalue weighted by Gasteiger charge is 2.30. The molecule has 2 aromatic rings. The summed E-state index contributed by atoms with van der Waals surface area (Å²) in [7, 11) is -3.66. The molecule has 28 heavy (non-hydrogen) atoms. The van der Waals surface area contributed by atoms with Crippen LogP contribution < -0.4 is 5.32 Å². The Balaban J connectivity index is 1.72. The van der Waals surface area contributed by atoms with Crippen molar-refractivity contribution < 1.29 is 26.4 Å². The minimum Gasteiger partial charge on any atom is -0.348 e. The molecule has 0 spiro atoms. The van der Waals surface area contributed by atoms with Crippen molar-refractivity contribution in [3.05, 3.63) is 65.2 Å². The molecule has 3 rings (SSSR count). The second-order valence-electron chi connectivity index (χ2n) is 6.52. The monoisotopic (exact) mass is 412 g/mol. The Hall–Kier alpha value is -2.39. The second kappa shape index (κ2) is 7.92. The van der Waals surface area contributed by atoms with Gasteiger partial charge in [0.1, 0.15) is 0 Å². The quantitative estimate of drug-likeness (QED) is 0.818. The average molecular weight is 412 g/mol. The molecule has 0 radical (unpaired) electrons. The van der Waals surface area contributed by atoms with Crippen LogP contribution in [-0.4, -0.2) is 31.7 Å². The highest BCUT2D eigenvalue weighted by Crippen LogP contribution is 2.29. The molecule has 1 aliphatic heterocycles. The van der Waals surface area contributed by atoms with Gasteiger partial charge in [0, 0.05) is 25.2 Å². The molecule has 0 aliphatic carbocycles. The van der Waals surface area contributed by atoms with E-state index in [9.17, 15) is 26.4 Å². The first-order chi connectivity index (χ1) is 13.2. The lowest BCUT2D eigenvalue weighted by atomic mass is 10.1. The van der Waals surface area contributed by atoms with Gasteiger partial charge in [-0.3, -0.25) is 4.79 Å². The van der Waals surface area contributed by atoms with Crippen LogP contribution in [0.1, 0.15) is 34.3 Å². The number of halogens is 3. The average Bonchev–Trinajstić information content (AvgIpc) is 3.21. The topological polar surface area (TPSA) is 66.5 Å². The maximum atomic E-state index is 12.8. The molecule has 1 heterocycles. The summed E-state index contributed by atoms with van der Waals surface area (Å²) in [5.41, 5.74) is -0.366. The molecule has 0 atom stereocenters. The Morgan fingerprint density at radius 3 is 2.39 bits per heavy atom. The van der Waals surface area contributed by atoms with Crippen LogP contribution in [-0.2, 0) is 22.7 Å². The van der Waals surface area contributed by atoms with Crippen molar-refractivity contribution in [2.45, 2.75) is 30.5 Å². The van der Waals surface area contributed by atoms with Crippen LogP contribution >= 0.6 is 0 Å². The molecule has 150 valence electrons. The lowest BCUT2D eigenvalue weighted by Crippen LogP contribution is -2.28. The van der Waals surface area contributed by atoms with E-state index in [1.54, 1.807) is 0 Å². The Kier molecular flexibility index (Phi) is 5.76. The van der Waals surface area contributed by atoms with Gasteiger partial charge in [0.05, 0.1) is 10.5 Å². The molecular weight excluding hydrogens is 393 g/mol. The van der Waals surface area contributed by atoms with Gasteiger partial charge in [-0.05, 0) is 48.7 Å². The van der Waals surface area contributed by atoms with E-state index in [4.69, 9.17) is 0 Å². The number of alkyl halides is 3. The van der Waals surface area contributed by atoms with Crippen molar-refractivity contribution in [3.8, 4) is 0 Å². The van der Waals surface area contributed by atoms with Crippen LogP contribution in [0.3, 0.4) is 0 Å². The number of nitrogens with one attached hydrogen (secondary N) is 1. The van der Waals surface area contributed by atoms with E-state index in [0.29, 0.717) is 18.7 Å². The van der Waals surface area contributed by atoms with E-state index in [1.807, 2.05) is 0 Å². The number of sulfonamides is 1. The van der Waals surface area contributed by atoms with Crippen molar-refractivity contribution in [2.75, 3.05) is 13.1 Å². The zero-order valence-electron chi connectivity index (χ0n) is 14.9. The Morgan fingerprint density at radius 2 is 1.71 bits per heavy atom. The summed E-state index contributed by atoms with van der Waals surface area (Å²) in [5, 5.41) is 2.53. The van der Waals surface area contributed by atoms with E-state index in [-0.39, 0.29) is 17.0 Å².